The Morgan fingerprint density at radius 2 is 1.29 bits per heavy atom. The normalized spacial score (nSPS) is 10.4. The Morgan fingerprint density at radius 1 is 0.857 bits per heavy atom. The summed E-state index contributed by atoms with van der Waals surface area (Å²) in [4.78, 5) is 22.4. The van der Waals surface area contributed by atoms with Crippen molar-refractivity contribution in [2.24, 2.45) is 0 Å². The number of carboxylic acid groups (broad SMARTS) is 1. The predicted octanol–water partition coefficient (Wildman–Crippen LogP) is 2.28. The van der Waals surface area contributed by atoms with Crippen LogP contribution in [-0.4, -0.2) is 18.0 Å². The van der Waals surface area contributed by atoms with Gasteiger partial charge in [-0.2, -0.15) is 0 Å². The maximum Gasteiger partial charge on any atom is 0.338 e. The van der Waals surface area contributed by atoms with Gasteiger partial charge < -0.3 is 14.6 Å². The van der Waals surface area contributed by atoms with Crippen molar-refractivity contribution < 1.29 is 19.4 Å². The van der Waals surface area contributed by atoms with Crippen LogP contribution in [0.2, 0.25) is 0 Å². The molecule has 0 fully saturated rings. The quantitative estimate of drug-likeness (QED) is 0.807. The Morgan fingerprint density at radius 3 is 1.67 bits per heavy atom. The van der Waals surface area contributed by atoms with Crippen LogP contribution in [0.5, 0.6) is 0 Å². The third-order valence-electron chi connectivity index (χ3n) is 2.92. The van der Waals surface area contributed by atoms with Gasteiger partial charge >= 0.3 is 5.97 Å². The first-order valence-electron chi connectivity index (χ1n) is 6.60. The monoisotopic (exact) mass is 283 g/mol. The summed E-state index contributed by atoms with van der Waals surface area (Å²) in [5.41, 5.74) is 2.37. The Balaban J connectivity index is 2.18. The number of rotatable bonds is 4. The smallest absolute Gasteiger partial charge is 0.338 e. The fourth-order valence-electron chi connectivity index (χ4n) is 1.88. The summed E-state index contributed by atoms with van der Waals surface area (Å²) < 4.78 is 5.11. The lowest BCUT2D eigenvalue weighted by Gasteiger charge is -2.09. The highest BCUT2D eigenvalue weighted by atomic mass is 16.5. The Hall–Kier alpha value is -2.62. The van der Waals surface area contributed by atoms with Crippen LogP contribution in [0, 0.1) is 0 Å². The highest BCUT2D eigenvalue weighted by Gasteiger charge is 2.09. The highest BCUT2D eigenvalue weighted by Crippen LogP contribution is 2.20. The van der Waals surface area contributed by atoms with E-state index in [9.17, 15) is 14.7 Å². The molecule has 0 aromatic heterocycles. The number of hydrogen-bond donors (Lipinski definition) is 0. The van der Waals surface area contributed by atoms with Crippen LogP contribution in [-0.2, 0) is 4.74 Å². The molecule has 2 aromatic carbocycles. The molecule has 21 heavy (non-hydrogen) atoms. The average molecular weight is 283 g/mol. The van der Waals surface area contributed by atoms with E-state index >= 15 is 0 Å². The summed E-state index contributed by atoms with van der Waals surface area (Å²) in [5, 5.41) is 10.7. The van der Waals surface area contributed by atoms with Crippen LogP contribution in [0.3, 0.4) is 0 Å². The van der Waals surface area contributed by atoms with Gasteiger partial charge in [-0.25, -0.2) is 4.79 Å². The van der Waals surface area contributed by atoms with Crippen LogP contribution in [0.15, 0.2) is 48.5 Å². The Kier molecular flexibility index (Phi) is 4.38. The molecule has 0 aliphatic rings. The molecule has 2 aromatic rings. The lowest BCUT2D eigenvalue weighted by molar-refractivity contribution is -0.255. The van der Waals surface area contributed by atoms with Gasteiger partial charge in [0.2, 0.25) is 0 Å². The van der Waals surface area contributed by atoms with E-state index in [2.05, 4.69) is 0 Å². The van der Waals surface area contributed by atoms with Gasteiger partial charge in [0.25, 0.3) is 0 Å². The number of carbonyl (C=O) groups is 2. The summed E-state index contributed by atoms with van der Waals surface area (Å²) in [6, 6.07) is 13.4. The molecule has 0 radical (unpaired) electrons. The van der Waals surface area contributed by atoms with Gasteiger partial charge in [0.15, 0.2) is 0 Å². The minimum atomic E-state index is -1.20. The van der Waals surface area contributed by atoms with Gasteiger partial charge in [0.1, 0.15) is 0 Å². The maximum atomic E-state index is 11.7. The van der Waals surface area contributed by atoms with Gasteiger partial charge in [-0.05, 0) is 42.7 Å². The molecule has 0 spiro atoms. The van der Waals surface area contributed by atoms with Gasteiger partial charge in [-0.3, -0.25) is 0 Å². The zero-order valence-corrected chi connectivity index (χ0v) is 11.8. The van der Waals surface area contributed by atoms with Crippen molar-refractivity contribution in [2.75, 3.05) is 0 Å². The summed E-state index contributed by atoms with van der Waals surface area (Å²) in [6.07, 6.45) is -0.158. The third kappa shape index (κ3) is 3.69. The van der Waals surface area contributed by atoms with Gasteiger partial charge in [-0.1, -0.05) is 36.4 Å². The van der Waals surface area contributed by atoms with Crippen molar-refractivity contribution in [1.29, 1.82) is 0 Å². The van der Waals surface area contributed by atoms with E-state index in [0.717, 1.165) is 11.1 Å². The molecule has 0 saturated heterocycles. The topological polar surface area (TPSA) is 66.4 Å². The van der Waals surface area contributed by atoms with Gasteiger partial charge in [-0.15, -0.1) is 0 Å². The fraction of sp³-hybridized carbons (Fsp3) is 0.176. The van der Waals surface area contributed by atoms with E-state index in [-0.39, 0.29) is 17.6 Å². The second-order valence-electron chi connectivity index (χ2n) is 4.90. The van der Waals surface area contributed by atoms with Gasteiger partial charge in [0.05, 0.1) is 17.6 Å². The standard InChI is InChI=1S/C17H16O4/c1-11(2)21-17(20)15-9-5-13(6-10-15)12-3-7-14(8-4-12)16(18)19/h3-11H,1-2H3,(H,18,19)/p-1. The summed E-state index contributed by atoms with van der Waals surface area (Å²) in [6.45, 7) is 3.59. The van der Waals surface area contributed by atoms with E-state index in [1.807, 2.05) is 0 Å². The minimum absolute atomic E-state index is 0.135. The van der Waals surface area contributed by atoms with Crippen LogP contribution in [0.1, 0.15) is 34.6 Å². The Bertz CT molecular complexity index is 639. The van der Waals surface area contributed by atoms with Crippen LogP contribution in [0.4, 0.5) is 0 Å². The van der Waals surface area contributed by atoms with Crippen molar-refractivity contribution in [1.82, 2.24) is 0 Å². The van der Waals surface area contributed by atoms with Crippen LogP contribution >= 0.6 is 0 Å². The SMILES string of the molecule is CC(C)OC(=O)c1ccc(-c2ccc(C(=O)[O-])cc2)cc1. The first-order chi connectivity index (χ1) is 9.97. The first-order valence-corrected chi connectivity index (χ1v) is 6.60. The van der Waals surface area contributed by atoms with Gasteiger partial charge in [0, 0.05) is 0 Å². The molecule has 0 heterocycles. The Labute approximate surface area is 123 Å². The number of aromatic carboxylic acids is 1. The van der Waals surface area contributed by atoms with Crippen LogP contribution < -0.4 is 5.11 Å². The molecule has 0 unspecified atom stereocenters. The zero-order chi connectivity index (χ0) is 15.4. The van der Waals surface area contributed by atoms with E-state index in [1.165, 1.54) is 12.1 Å². The van der Waals surface area contributed by atoms with Crippen LogP contribution in [0.25, 0.3) is 11.1 Å². The van der Waals surface area contributed by atoms with Crippen molar-refractivity contribution in [2.45, 2.75) is 20.0 Å². The minimum Gasteiger partial charge on any atom is -0.545 e. The second-order valence-corrected chi connectivity index (χ2v) is 4.90. The summed E-state index contributed by atoms with van der Waals surface area (Å²) in [7, 11) is 0. The molecule has 108 valence electrons. The molecule has 0 amide bonds. The largest absolute Gasteiger partial charge is 0.545 e. The van der Waals surface area contributed by atoms with E-state index in [1.54, 1.807) is 50.2 Å². The molecule has 0 N–H and O–H groups in total. The third-order valence-corrected chi connectivity index (χ3v) is 2.92. The first kappa shape index (κ1) is 14.8. The molecular weight excluding hydrogens is 268 g/mol. The number of benzene rings is 2. The number of hydrogen-bond acceptors (Lipinski definition) is 4. The molecule has 4 heteroatoms. The lowest BCUT2D eigenvalue weighted by atomic mass is 10.0. The molecule has 0 saturated carbocycles. The molecule has 2 rings (SSSR count). The number of esters is 1. The molecule has 0 bridgehead atoms. The van der Waals surface area contributed by atoms with E-state index in [4.69, 9.17) is 4.74 Å². The predicted molar refractivity (Wildman–Crippen MR) is 76.8 cm³/mol. The fourth-order valence-corrected chi connectivity index (χ4v) is 1.88. The van der Waals surface area contributed by atoms with Crippen molar-refractivity contribution in [3.05, 3.63) is 59.7 Å². The molecule has 0 aliphatic heterocycles. The average Bonchev–Trinajstić information content (AvgIpc) is 2.47. The highest BCUT2D eigenvalue weighted by molar-refractivity contribution is 5.90. The summed E-state index contributed by atoms with van der Waals surface area (Å²) >= 11 is 0. The number of ether oxygens (including phenoxy) is 1. The molecule has 0 atom stereocenters. The van der Waals surface area contributed by atoms with Crippen molar-refractivity contribution in [3.8, 4) is 11.1 Å². The van der Waals surface area contributed by atoms with E-state index < -0.39 is 5.97 Å². The number of carbonyl (C=O) groups excluding carboxylic acids is 2. The van der Waals surface area contributed by atoms with E-state index in [0.29, 0.717) is 5.56 Å². The summed E-state index contributed by atoms with van der Waals surface area (Å²) in [5.74, 6) is -1.56. The maximum absolute atomic E-state index is 11.7. The van der Waals surface area contributed by atoms with Crippen molar-refractivity contribution >= 4 is 11.9 Å². The number of carboxylic acids is 1. The molecule has 4 nitrogen and oxygen atoms in total. The molecular formula is C17H15O4-. The van der Waals surface area contributed by atoms with Crippen molar-refractivity contribution in [3.63, 3.8) is 0 Å². The molecule has 0 aliphatic carbocycles. The lowest BCUT2D eigenvalue weighted by Crippen LogP contribution is -2.21. The zero-order valence-electron chi connectivity index (χ0n) is 11.8. The second kappa shape index (κ2) is 6.22.